The molecule has 6 nitrogen and oxygen atoms in total. The van der Waals surface area contributed by atoms with E-state index in [-0.39, 0.29) is 17.1 Å². The summed E-state index contributed by atoms with van der Waals surface area (Å²) in [6, 6.07) is 5.04. The van der Waals surface area contributed by atoms with Crippen molar-refractivity contribution in [3.63, 3.8) is 0 Å². The number of amides is 1. The third kappa shape index (κ3) is 4.62. The van der Waals surface area contributed by atoms with Crippen molar-refractivity contribution in [3.8, 4) is 5.75 Å². The number of thiazole rings is 1. The molecule has 0 spiro atoms. The predicted octanol–water partition coefficient (Wildman–Crippen LogP) is 3.51. The first-order valence-corrected chi connectivity index (χ1v) is 9.39. The Balaban J connectivity index is 2.73. The van der Waals surface area contributed by atoms with E-state index in [4.69, 9.17) is 11.5 Å². The average Bonchev–Trinajstić information content (AvgIpc) is 3.16. The number of allylic oxidation sites excluding steroid dienone is 2. The Labute approximate surface area is 163 Å². The van der Waals surface area contributed by atoms with Crippen molar-refractivity contribution in [2.75, 3.05) is 0 Å². The number of phenols is 1. The number of rotatable bonds is 6. The minimum absolute atomic E-state index is 0.0201. The number of benzene rings is 1. The summed E-state index contributed by atoms with van der Waals surface area (Å²) >= 11 is 1.41. The van der Waals surface area contributed by atoms with Gasteiger partial charge in [-0.3, -0.25) is 4.79 Å². The summed E-state index contributed by atoms with van der Waals surface area (Å²) in [5.41, 5.74) is 16.0. The minimum Gasteiger partial charge on any atom is -0.508 e. The molecule has 2 rings (SSSR count). The van der Waals surface area contributed by atoms with Gasteiger partial charge in [-0.2, -0.15) is 0 Å². The molecule has 1 aromatic heterocycles. The highest BCUT2D eigenvalue weighted by Gasteiger charge is 2.19. The Bertz CT molecular complexity index is 941. The number of nitrogens with two attached hydrogens (primary N) is 2. The fourth-order valence-corrected chi connectivity index (χ4v) is 3.23. The second kappa shape index (κ2) is 8.64. The van der Waals surface area contributed by atoms with Crippen LogP contribution in [-0.4, -0.2) is 21.7 Å². The van der Waals surface area contributed by atoms with Crippen LogP contribution in [0.15, 0.2) is 51.7 Å². The van der Waals surface area contributed by atoms with Gasteiger partial charge in [-0.05, 0) is 50.5 Å². The number of carbonyl (C=O) groups excluding carboxylic acids is 1. The van der Waals surface area contributed by atoms with E-state index in [0.717, 1.165) is 16.7 Å². The van der Waals surface area contributed by atoms with E-state index in [1.165, 1.54) is 11.3 Å². The van der Waals surface area contributed by atoms with Gasteiger partial charge in [0.1, 0.15) is 10.8 Å². The van der Waals surface area contributed by atoms with Gasteiger partial charge in [-0.15, -0.1) is 11.3 Å². The Kier molecular flexibility index (Phi) is 6.52. The highest BCUT2D eigenvalue weighted by Crippen LogP contribution is 2.32. The number of aromatic hydroxyl groups is 1. The summed E-state index contributed by atoms with van der Waals surface area (Å²) in [4.78, 5) is 20.7. The van der Waals surface area contributed by atoms with Crippen LogP contribution in [0.2, 0.25) is 0 Å². The van der Waals surface area contributed by atoms with Crippen LogP contribution >= 0.6 is 11.3 Å². The molecular weight excluding hydrogens is 360 g/mol. The van der Waals surface area contributed by atoms with Gasteiger partial charge in [0, 0.05) is 17.2 Å². The lowest BCUT2D eigenvalue weighted by Crippen LogP contribution is -2.20. The molecule has 0 atom stereocenters. The Morgan fingerprint density at radius 2 is 2.00 bits per heavy atom. The standard InChI is InChI=1S/C20H24N4O2S/c1-5-11(2)16(15-10-14(25)7-6-12(15)3)17(21)18(19(22)26)24-13(4)20-23-8-9-27-20/h6-10,25H,5,21H2,1-4H3,(H2,22,26)/b16-11+,18-17+,24-13?. The maximum Gasteiger partial charge on any atom is 0.269 e. The smallest absolute Gasteiger partial charge is 0.269 e. The largest absolute Gasteiger partial charge is 0.508 e. The quantitative estimate of drug-likeness (QED) is 0.401. The van der Waals surface area contributed by atoms with Crippen molar-refractivity contribution in [1.29, 1.82) is 0 Å². The van der Waals surface area contributed by atoms with Crippen LogP contribution in [-0.2, 0) is 4.79 Å². The summed E-state index contributed by atoms with van der Waals surface area (Å²) in [6.07, 6.45) is 2.38. The normalized spacial score (nSPS) is 13.9. The van der Waals surface area contributed by atoms with Crippen LogP contribution in [0.3, 0.4) is 0 Å². The highest BCUT2D eigenvalue weighted by atomic mass is 32.1. The molecule has 0 radical (unpaired) electrons. The van der Waals surface area contributed by atoms with Crippen molar-refractivity contribution in [3.05, 3.63) is 62.9 Å². The van der Waals surface area contributed by atoms with E-state index in [1.54, 1.807) is 31.3 Å². The zero-order valence-corrected chi connectivity index (χ0v) is 16.7. The highest BCUT2D eigenvalue weighted by molar-refractivity contribution is 7.11. The van der Waals surface area contributed by atoms with E-state index in [1.807, 2.05) is 26.2 Å². The second-order valence-electron chi connectivity index (χ2n) is 6.17. The summed E-state index contributed by atoms with van der Waals surface area (Å²) in [5.74, 6) is -0.601. The van der Waals surface area contributed by atoms with Crippen molar-refractivity contribution in [1.82, 2.24) is 4.98 Å². The van der Waals surface area contributed by atoms with Gasteiger partial charge in [-0.1, -0.05) is 18.6 Å². The van der Waals surface area contributed by atoms with E-state index < -0.39 is 5.91 Å². The number of primary amides is 1. The molecule has 0 fully saturated rings. The van der Waals surface area contributed by atoms with Crippen LogP contribution in [0, 0.1) is 6.92 Å². The number of aromatic nitrogens is 1. The molecule has 2 aromatic rings. The van der Waals surface area contributed by atoms with Crippen molar-refractivity contribution in [2.24, 2.45) is 16.5 Å². The van der Waals surface area contributed by atoms with Gasteiger partial charge in [0.15, 0.2) is 5.70 Å². The lowest BCUT2D eigenvalue weighted by Gasteiger charge is -2.17. The monoisotopic (exact) mass is 384 g/mol. The molecule has 0 aliphatic rings. The number of hydrogen-bond donors (Lipinski definition) is 3. The molecule has 27 heavy (non-hydrogen) atoms. The molecule has 0 unspecified atom stereocenters. The van der Waals surface area contributed by atoms with Gasteiger partial charge in [-0.25, -0.2) is 9.98 Å². The molecule has 0 saturated carbocycles. The number of phenolic OH excluding ortho intramolecular Hbond substituents is 1. The van der Waals surface area contributed by atoms with E-state index in [0.29, 0.717) is 22.7 Å². The first-order chi connectivity index (χ1) is 12.8. The molecule has 0 aliphatic heterocycles. The zero-order valence-electron chi connectivity index (χ0n) is 15.9. The molecule has 1 aromatic carbocycles. The number of aliphatic imine (C=N–C) groups is 1. The Hall–Kier alpha value is -2.93. The zero-order chi connectivity index (χ0) is 20.1. The van der Waals surface area contributed by atoms with Gasteiger partial charge in [0.05, 0.1) is 11.4 Å². The van der Waals surface area contributed by atoms with E-state index in [9.17, 15) is 9.90 Å². The van der Waals surface area contributed by atoms with Gasteiger partial charge >= 0.3 is 0 Å². The number of aryl methyl sites for hydroxylation is 1. The molecule has 5 N–H and O–H groups in total. The first kappa shape index (κ1) is 20.4. The minimum atomic E-state index is -0.720. The SMILES string of the molecule is CC/C(C)=C(/C(N)=C(\N=C(C)c1nccs1)C(N)=O)c1cc(O)ccc1C. The van der Waals surface area contributed by atoms with Gasteiger partial charge < -0.3 is 16.6 Å². The fourth-order valence-electron chi connectivity index (χ4n) is 2.65. The summed E-state index contributed by atoms with van der Waals surface area (Å²) in [6.45, 7) is 7.60. The maximum absolute atomic E-state index is 12.1. The summed E-state index contributed by atoms with van der Waals surface area (Å²) in [5, 5.41) is 12.5. The van der Waals surface area contributed by atoms with Crippen LogP contribution in [0.4, 0.5) is 0 Å². The maximum atomic E-state index is 12.1. The predicted molar refractivity (Wildman–Crippen MR) is 110 cm³/mol. The topological polar surface area (TPSA) is 115 Å². The van der Waals surface area contributed by atoms with Crippen LogP contribution in [0.5, 0.6) is 5.75 Å². The fraction of sp³-hybridized carbons (Fsp3) is 0.250. The molecule has 0 bridgehead atoms. The van der Waals surface area contributed by atoms with Crippen LogP contribution in [0.25, 0.3) is 5.57 Å². The number of carbonyl (C=O) groups is 1. The molecule has 142 valence electrons. The molecule has 0 saturated heterocycles. The third-order valence-electron chi connectivity index (χ3n) is 4.23. The summed E-state index contributed by atoms with van der Waals surface area (Å²) < 4.78 is 0. The first-order valence-electron chi connectivity index (χ1n) is 8.51. The van der Waals surface area contributed by atoms with Crippen molar-refractivity contribution >= 4 is 28.5 Å². The lowest BCUT2D eigenvalue weighted by molar-refractivity contribution is -0.114. The van der Waals surface area contributed by atoms with Gasteiger partial charge in [0.2, 0.25) is 0 Å². The summed E-state index contributed by atoms with van der Waals surface area (Å²) in [7, 11) is 0. The van der Waals surface area contributed by atoms with Gasteiger partial charge in [0.25, 0.3) is 5.91 Å². The Morgan fingerprint density at radius 3 is 2.56 bits per heavy atom. The average molecular weight is 385 g/mol. The Morgan fingerprint density at radius 1 is 1.30 bits per heavy atom. The van der Waals surface area contributed by atoms with Crippen LogP contribution in [0.1, 0.15) is 43.3 Å². The molecule has 7 heteroatoms. The molecule has 1 amide bonds. The van der Waals surface area contributed by atoms with Crippen molar-refractivity contribution < 1.29 is 9.90 Å². The van der Waals surface area contributed by atoms with E-state index in [2.05, 4.69) is 9.98 Å². The lowest BCUT2D eigenvalue weighted by atomic mass is 9.92. The molecule has 0 aliphatic carbocycles. The number of nitrogens with zero attached hydrogens (tertiary/aromatic N) is 2. The van der Waals surface area contributed by atoms with Crippen molar-refractivity contribution in [2.45, 2.75) is 34.1 Å². The third-order valence-corrected chi connectivity index (χ3v) is 5.11. The molecule has 1 heterocycles. The number of hydrogen-bond acceptors (Lipinski definition) is 6. The van der Waals surface area contributed by atoms with Crippen LogP contribution < -0.4 is 11.5 Å². The molecular formula is C20H24N4O2S. The second-order valence-corrected chi connectivity index (χ2v) is 7.06. The van der Waals surface area contributed by atoms with E-state index >= 15 is 0 Å².